The van der Waals surface area contributed by atoms with Crippen LogP contribution in [0, 0.1) is 0 Å². The molecule has 0 saturated heterocycles. The molecule has 0 bridgehead atoms. The Morgan fingerprint density at radius 1 is 1.00 bits per heavy atom. The average Bonchev–Trinajstić information content (AvgIpc) is 0. The maximum Gasteiger partial charge on any atom is 2.00 e. The molecule has 0 aromatic heterocycles. The predicted molar refractivity (Wildman–Crippen MR) is 14.4 cm³/mol. The van der Waals surface area contributed by atoms with Crippen LogP contribution >= 0.6 is 9.90 Å². The first-order valence-electron chi connectivity index (χ1n) is 0. The molecular weight excluding hydrogens is 194 g/mol. The number of rotatable bonds is 0. The van der Waals surface area contributed by atoms with Gasteiger partial charge < -0.3 is 5.48 Å². The van der Waals surface area contributed by atoms with Crippen molar-refractivity contribution >= 4 is 9.90 Å². The zero-order chi connectivity index (χ0) is 0. The minimum atomic E-state index is 0. The van der Waals surface area contributed by atoms with Crippen molar-refractivity contribution in [2.24, 2.45) is 0 Å². The molecule has 0 aromatic rings. The second kappa shape index (κ2) is 22.6. The van der Waals surface area contributed by atoms with Crippen molar-refractivity contribution in [3.8, 4) is 0 Å². The van der Waals surface area contributed by atoms with E-state index in [1.807, 2.05) is 0 Å². The van der Waals surface area contributed by atoms with Gasteiger partial charge in [0.15, 0.2) is 0 Å². The Labute approximate surface area is 55.0 Å². The summed E-state index contributed by atoms with van der Waals surface area (Å²) in [4.78, 5) is 0. The molecule has 23 valence electrons. The molecule has 1 unspecified atom stereocenters. The van der Waals surface area contributed by atoms with Gasteiger partial charge in [0.1, 0.15) is 0 Å². The van der Waals surface area contributed by atoms with Crippen LogP contribution in [0.15, 0.2) is 0 Å². The summed E-state index contributed by atoms with van der Waals surface area (Å²) in [5.74, 6) is 0. The van der Waals surface area contributed by atoms with Crippen LogP contribution in [-0.4, -0.2) is 5.48 Å². The Morgan fingerprint density at radius 2 is 1.00 bits per heavy atom. The van der Waals surface area contributed by atoms with Gasteiger partial charge in [-0.1, -0.05) is 0 Å². The minimum Gasteiger partial charge on any atom is -0.870 e. The summed E-state index contributed by atoms with van der Waals surface area (Å²) in [5, 5.41) is 0. The van der Waals surface area contributed by atoms with E-state index in [1.54, 1.807) is 0 Å². The van der Waals surface area contributed by atoms with Crippen LogP contribution in [0.3, 0.4) is 0 Å². The average molecular weight is 199 g/mol. The molecule has 0 heterocycles. The van der Waals surface area contributed by atoms with Gasteiger partial charge in [0.25, 0.3) is 0 Å². The van der Waals surface area contributed by atoms with E-state index in [1.165, 1.54) is 0 Å². The van der Waals surface area contributed by atoms with Crippen LogP contribution < -0.4 is 0 Å². The summed E-state index contributed by atoms with van der Waals surface area (Å²) < 4.78 is 0. The molecule has 0 aliphatic heterocycles. The van der Waals surface area contributed by atoms with E-state index in [9.17, 15) is 0 Å². The normalized spacial score (nSPS) is 0. The molecule has 4 heavy (non-hydrogen) atoms. The summed E-state index contributed by atoms with van der Waals surface area (Å²) in [6.07, 6.45) is 0. The Balaban J connectivity index is 0. The fraction of sp³-hybridized carbons (Fsp3) is 0. The summed E-state index contributed by atoms with van der Waals surface area (Å²) in [6.45, 7) is 0. The summed E-state index contributed by atoms with van der Waals surface area (Å²) in [7, 11) is 0. The Hall–Kier alpha value is 1.66. The van der Waals surface area contributed by atoms with Crippen LogP contribution in [-0.2, 0) is 39.6 Å². The van der Waals surface area contributed by atoms with Gasteiger partial charge in [0.05, 0.1) is 0 Å². The van der Waals surface area contributed by atoms with Crippen molar-refractivity contribution in [3.05, 3.63) is 0 Å². The summed E-state index contributed by atoms with van der Waals surface area (Å²) in [6, 6.07) is 0. The molecule has 0 aliphatic carbocycles. The van der Waals surface area contributed by atoms with Gasteiger partial charge in [-0.2, -0.15) is 0 Å². The third kappa shape index (κ3) is 9.39. The van der Waals surface area contributed by atoms with Gasteiger partial charge in [-0.05, 0) is 9.90 Å². The molecular formula is H5MoOPV+4. The van der Waals surface area contributed by atoms with Gasteiger partial charge in [-0.3, -0.25) is 0 Å². The Bertz CT molecular complexity index is 8.00. The first-order valence-corrected chi connectivity index (χ1v) is 0. The zero-order valence-corrected chi connectivity index (χ0v) is 7.71. The number of hydrogen-bond donors (Lipinski definition) is 0. The molecule has 1 N–H and O–H groups in total. The van der Waals surface area contributed by atoms with E-state index in [4.69, 9.17) is 0 Å². The fourth-order valence-corrected chi connectivity index (χ4v) is 0. The summed E-state index contributed by atoms with van der Waals surface area (Å²) in [5.41, 5.74) is 0. The van der Waals surface area contributed by atoms with Crippen LogP contribution in [0.5, 0.6) is 0 Å². The quantitative estimate of drug-likeness (QED) is 0.385. The van der Waals surface area contributed by atoms with E-state index in [-0.39, 0.29) is 55.0 Å². The standard InChI is InChI=1S/Mo.H2O.H3P.V/h;1H2;1H3;/q+2;;;+2. The second-order valence-corrected chi connectivity index (χ2v) is 0. The first kappa shape index (κ1) is 44.5. The largest absolute Gasteiger partial charge is 2.00 e. The molecule has 0 spiro atoms. The SMILES string of the molecule is [Mo+2].[OH-].[PH4+].[V+2]. The Kier molecular flexibility index (Phi) is 252. The molecule has 0 rings (SSSR count). The molecule has 4 heteroatoms. The first-order chi connectivity index (χ1) is 0. The Morgan fingerprint density at radius 3 is 1.00 bits per heavy atom. The minimum absolute atomic E-state index is 0. The topological polar surface area (TPSA) is 30.0 Å². The van der Waals surface area contributed by atoms with Crippen LogP contribution in [0.2, 0.25) is 0 Å². The second-order valence-electron chi connectivity index (χ2n) is 0. The van der Waals surface area contributed by atoms with E-state index >= 15 is 0 Å². The third-order valence-electron chi connectivity index (χ3n) is 0. The molecule has 0 fully saturated rings. The fourth-order valence-electron chi connectivity index (χ4n) is 0. The van der Waals surface area contributed by atoms with E-state index in [0.29, 0.717) is 0 Å². The maximum absolute atomic E-state index is 0. The smallest absolute Gasteiger partial charge is 0.870 e. The van der Waals surface area contributed by atoms with Crippen LogP contribution in [0.25, 0.3) is 0 Å². The van der Waals surface area contributed by atoms with Gasteiger partial charge in [0, 0.05) is 0 Å². The van der Waals surface area contributed by atoms with Gasteiger partial charge in [-0.25, -0.2) is 0 Å². The molecule has 0 amide bonds. The molecule has 1 atom stereocenters. The van der Waals surface area contributed by atoms with Crippen molar-refractivity contribution in [3.63, 3.8) is 0 Å². The van der Waals surface area contributed by atoms with Crippen LogP contribution in [0.4, 0.5) is 0 Å². The van der Waals surface area contributed by atoms with Crippen molar-refractivity contribution in [2.75, 3.05) is 0 Å². The van der Waals surface area contributed by atoms with E-state index in [0.717, 1.165) is 0 Å². The van der Waals surface area contributed by atoms with E-state index < -0.39 is 0 Å². The van der Waals surface area contributed by atoms with Gasteiger partial charge in [0.2, 0.25) is 0 Å². The molecule has 0 saturated carbocycles. The van der Waals surface area contributed by atoms with Gasteiger partial charge in [-0.15, -0.1) is 0 Å². The maximum atomic E-state index is 0. The molecule has 1 nitrogen and oxygen atoms in total. The molecule has 0 aromatic carbocycles. The predicted octanol–water partition coefficient (Wildman–Crippen LogP) is -0.391. The van der Waals surface area contributed by atoms with Gasteiger partial charge >= 0.3 is 39.6 Å². The zero-order valence-electron chi connectivity index (χ0n) is 2.30. The van der Waals surface area contributed by atoms with E-state index in [2.05, 4.69) is 0 Å². The van der Waals surface area contributed by atoms with Crippen molar-refractivity contribution < 1.29 is 45.1 Å². The van der Waals surface area contributed by atoms with Crippen molar-refractivity contribution in [1.29, 1.82) is 0 Å². The monoisotopic (exact) mass is 201 g/mol. The molecule has 1 radical (unpaired) electrons. The van der Waals surface area contributed by atoms with Crippen molar-refractivity contribution in [1.82, 2.24) is 0 Å². The summed E-state index contributed by atoms with van der Waals surface area (Å²) >= 11 is 0. The van der Waals surface area contributed by atoms with Crippen molar-refractivity contribution in [2.45, 2.75) is 0 Å². The number of hydrogen-bond acceptors (Lipinski definition) is 1. The van der Waals surface area contributed by atoms with Crippen LogP contribution in [0.1, 0.15) is 0 Å². The third-order valence-corrected chi connectivity index (χ3v) is 0. The molecule has 0 aliphatic rings.